The Morgan fingerprint density at radius 1 is 1.38 bits per heavy atom. The van der Waals surface area contributed by atoms with Crippen LogP contribution in [0.1, 0.15) is 45.5 Å². The zero-order chi connectivity index (χ0) is 18.9. The summed E-state index contributed by atoms with van der Waals surface area (Å²) in [6.45, 7) is 6.20. The molecule has 1 N–H and O–H groups in total. The molecule has 1 amide bonds. The summed E-state index contributed by atoms with van der Waals surface area (Å²) >= 11 is 6.18. The summed E-state index contributed by atoms with van der Waals surface area (Å²) < 4.78 is 10.9. The monoisotopic (exact) mass is 378 g/mol. The van der Waals surface area contributed by atoms with Gasteiger partial charge in [0.1, 0.15) is 17.2 Å². The summed E-state index contributed by atoms with van der Waals surface area (Å²) in [5.41, 5.74) is 0.162. The Morgan fingerprint density at radius 2 is 2.15 bits per heavy atom. The average molecular weight is 379 g/mol. The van der Waals surface area contributed by atoms with E-state index in [2.05, 4.69) is 15.2 Å². The fourth-order valence-corrected chi connectivity index (χ4v) is 3.28. The zero-order valence-corrected chi connectivity index (χ0v) is 16.1. The van der Waals surface area contributed by atoms with Crippen molar-refractivity contribution in [2.45, 2.75) is 45.3 Å². The second kappa shape index (κ2) is 7.15. The first-order valence-electron chi connectivity index (χ1n) is 8.55. The van der Waals surface area contributed by atoms with Gasteiger partial charge in [0.25, 0.3) is 0 Å². The number of halogens is 1. The highest BCUT2D eigenvalue weighted by molar-refractivity contribution is 6.32. The van der Waals surface area contributed by atoms with Crippen molar-refractivity contribution in [3.8, 4) is 17.1 Å². The first-order valence-corrected chi connectivity index (χ1v) is 8.93. The number of para-hydroxylation sites is 1. The molecule has 26 heavy (non-hydrogen) atoms. The van der Waals surface area contributed by atoms with E-state index in [1.807, 2.05) is 32.9 Å². The minimum absolute atomic E-state index is 0.184. The lowest BCUT2D eigenvalue weighted by atomic mass is 10.2. The lowest BCUT2D eigenvalue weighted by molar-refractivity contribution is 0.0218. The number of rotatable bonds is 3. The molecule has 1 aromatic carbocycles. The van der Waals surface area contributed by atoms with Crippen LogP contribution < -0.4 is 4.74 Å². The Morgan fingerprint density at radius 3 is 2.85 bits per heavy atom. The molecule has 1 aromatic heterocycles. The van der Waals surface area contributed by atoms with Crippen LogP contribution in [0.4, 0.5) is 4.79 Å². The van der Waals surface area contributed by atoms with Gasteiger partial charge < -0.3 is 9.47 Å². The third-order valence-corrected chi connectivity index (χ3v) is 4.41. The van der Waals surface area contributed by atoms with Crippen molar-refractivity contribution in [3.63, 3.8) is 0 Å². The number of methoxy groups -OCH3 is 1. The lowest BCUT2D eigenvalue weighted by Gasteiger charge is -2.27. The van der Waals surface area contributed by atoms with Crippen molar-refractivity contribution in [2.75, 3.05) is 13.7 Å². The van der Waals surface area contributed by atoms with Gasteiger partial charge in [-0.3, -0.25) is 10.00 Å². The molecule has 1 saturated heterocycles. The third-order valence-electron chi connectivity index (χ3n) is 4.11. The van der Waals surface area contributed by atoms with Crippen LogP contribution in [0, 0.1) is 0 Å². The maximum Gasteiger partial charge on any atom is 0.410 e. The van der Waals surface area contributed by atoms with E-state index in [9.17, 15) is 4.79 Å². The van der Waals surface area contributed by atoms with E-state index in [0.29, 0.717) is 34.5 Å². The molecule has 0 bridgehead atoms. The van der Waals surface area contributed by atoms with Crippen molar-refractivity contribution < 1.29 is 14.3 Å². The van der Waals surface area contributed by atoms with Crippen LogP contribution in [-0.2, 0) is 4.74 Å². The van der Waals surface area contributed by atoms with E-state index >= 15 is 0 Å². The van der Waals surface area contributed by atoms with E-state index in [0.717, 1.165) is 12.8 Å². The number of carbonyl (C=O) groups is 1. The highest BCUT2D eigenvalue weighted by Crippen LogP contribution is 2.36. The molecule has 1 atom stereocenters. The molecule has 0 spiro atoms. The molecule has 0 saturated carbocycles. The number of aromatic nitrogens is 3. The molecule has 2 aromatic rings. The van der Waals surface area contributed by atoms with Gasteiger partial charge in [-0.1, -0.05) is 17.7 Å². The Hall–Kier alpha value is -2.28. The van der Waals surface area contributed by atoms with E-state index in [1.165, 1.54) is 0 Å². The second-order valence-electron chi connectivity index (χ2n) is 7.20. The molecule has 7 nitrogen and oxygen atoms in total. The quantitative estimate of drug-likeness (QED) is 0.865. The summed E-state index contributed by atoms with van der Waals surface area (Å²) in [6.07, 6.45) is 1.36. The van der Waals surface area contributed by atoms with Gasteiger partial charge in [-0.15, -0.1) is 0 Å². The van der Waals surface area contributed by atoms with E-state index in [4.69, 9.17) is 21.1 Å². The van der Waals surface area contributed by atoms with Gasteiger partial charge in [0, 0.05) is 6.54 Å². The topological polar surface area (TPSA) is 80.3 Å². The number of benzene rings is 1. The molecule has 1 unspecified atom stereocenters. The van der Waals surface area contributed by atoms with Crippen LogP contribution in [0.25, 0.3) is 11.4 Å². The molecule has 140 valence electrons. The number of hydrogen-bond donors (Lipinski definition) is 1. The number of amides is 1. The second-order valence-corrected chi connectivity index (χ2v) is 7.60. The molecule has 8 heteroatoms. The van der Waals surface area contributed by atoms with Gasteiger partial charge in [-0.25, -0.2) is 9.78 Å². The van der Waals surface area contributed by atoms with Crippen molar-refractivity contribution in [1.82, 2.24) is 20.1 Å². The number of aromatic amines is 1. The summed E-state index contributed by atoms with van der Waals surface area (Å²) in [6, 6.07) is 5.23. The number of nitrogens with one attached hydrogen (secondary N) is 1. The highest BCUT2D eigenvalue weighted by atomic mass is 35.5. The first-order chi connectivity index (χ1) is 12.3. The van der Waals surface area contributed by atoms with E-state index in [1.54, 1.807) is 18.1 Å². The Kier molecular flexibility index (Phi) is 5.09. The molecule has 1 fully saturated rings. The zero-order valence-electron chi connectivity index (χ0n) is 15.4. The number of nitrogens with zero attached hydrogens (tertiary/aromatic N) is 3. The van der Waals surface area contributed by atoms with Crippen molar-refractivity contribution in [2.24, 2.45) is 0 Å². The Bertz CT molecular complexity index is 800. The number of likely N-dealkylation sites (tertiary alicyclic amines) is 1. The highest BCUT2D eigenvalue weighted by Gasteiger charge is 2.35. The van der Waals surface area contributed by atoms with Crippen molar-refractivity contribution >= 4 is 17.7 Å². The first kappa shape index (κ1) is 18.5. The SMILES string of the molecule is COc1c(Cl)cccc1-c1n[nH]c(C2CCCN2C(=O)OC(C)(C)C)n1. The molecular weight excluding hydrogens is 356 g/mol. The van der Waals surface area contributed by atoms with E-state index in [-0.39, 0.29) is 12.1 Å². The van der Waals surface area contributed by atoms with Crippen molar-refractivity contribution in [3.05, 3.63) is 29.0 Å². The maximum absolute atomic E-state index is 12.5. The number of carbonyl (C=O) groups excluding carboxylic acids is 1. The molecule has 0 aliphatic carbocycles. The Labute approximate surface area is 157 Å². The number of ether oxygens (including phenoxy) is 2. The van der Waals surface area contributed by atoms with Gasteiger partial charge in [0.2, 0.25) is 0 Å². The smallest absolute Gasteiger partial charge is 0.410 e. The van der Waals surface area contributed by atoms with Gasteiger partial charge in [-0.2, -0.15) is 5.10 Å². The normalized spacial score (nSPS) is 17.4. The average Bonchev–Trinajstić information content (AvgIpc) is 3.22. The fourth-order valence-electron chi connectivity index (χ4n) is 3.03. The van der Waals surface area contributed by atoms with Crippen LogP contribution in [0.3, 0.4) is 0 Å². The van der Waals surface area contributed by atoms with Gasteiger partial charge in [0.15, 0.2) is 5.82 Å². The van der Waals surface area contributed by atoms with Crippen LogP contribution in [0.2, 0.25) is 5.02 Å². The molecular formula is C18H23ClN4O3. The summed E-state index contributed by atoms with van der Waals surface area (Å²) in [5, 5.41) is 7.74. The van der Waals surface area contributed by atoms with Crippen LogP contribution >= 0.6 is 11.6 Å². The van der Waals surface area contributed by atoms with Crippen LogP contribution in [0.5, 0.6) is 5.75 Å². The summed E-state index contributed by atoms with van der Waals surface area (Å²) in [5.74, 6) is 1.64. The standard InChI is InChI=1S/C18H23ClN4O3/c1-18(2,3)26-17(24)23-10-6-9-13(23)16-20-15(21-22-16)11-7-5-8-12(19)14(11)25-4/h5,7-8,13H,6,9-10H2,1-4H3,(H,20,21,22). The minimum Gasteiger partial charge on any atom is -0.494 e. The molecule has 1 aliphatic heterocycles. The van der Waals surface area contributed by atoms with Gasteiger partial charge in [0.05, 0.1) is 23.7 Å². The lowest BCUT2D eigenvalue weighted by Crippen LogP contribution is -2.36. The largest absolute Gasteiger partial charge is 0.494 e. The minimum atomic E-state index is -0.537. The number of H-pyrrole nitrogens is 1. The molecule has 3 rings (SSSR count). The van der Waals surface area contributed by atoms with Gasteiger partial charge >= 0.3 is 6.09 Å². The summed E-state index contributed by atoms with van der Waals surface area (Å²) in [4.78, 5) is 18.8. The van der Waals surface area contributed by atoms with E-state index < -0.39 is 5.60 Å². The number of hydrogen-bond acceptors (Lipinski definition) is 5. The van der Waals surface area contributed by atoms with Gasteiger partial charge in [-0.05, 0) is 45.7 Å². The van der Waals surface area contributed by atoms with Crippen LogP contribution in [0.15, 0.2) is 18.2 Å². The van der Waals surface area contributed by atoms with Crippen molar-refractivity contribution in [1.29, 1.82) is 0 Å². The molecule has 1 aliphatic rings. The summed E-state index contributed by atoms with van der Waals surface area (Å²) in [7, 11) is 1.56. The molecule has 2 heterocycles. The van der Waals surface area contributed by atoms with Crippen LogP contribution in [-0.4, -0.2) is 45.4 Å². The predicted octanol–water partition coefficient (Wildman–Crippen LogP) is 4.21. The predicted molar refractivity (Wildman–Crippen MR) is 98.3 cm³/mol. The maximum atomic E-state index is 12.5. The molecule has 0 radical (unpaired) electrons. The fraction of sp³-hybridized carbons (Fsp3) is 0.500. The Balaban J connectivity index is 1.85. The third kappa shape index (κ3) is 3.77.